The normalized spacial score (nSPS) is 29.6. The number of hydrogen-bond acceptors (Lipinski definition) is 3. The van der Waals surface area contributed by atoms with Crippen LogP contribution in [0.3, 0.4) is 0 Å². The molecule has 3 rings (SSSR count). The van der Waals surface area contributed by atoms with Gasteiger partial charge >= 0.3 is 0 Å². The van der Waals surface area contributed by atoms with Gasteiger partial charge in [0.1, 0.15) is 6.04 Å². The topological polar surface area (TPSA) is 50.2 Å². The molecule has 2 bridgehead atoms. The first kappa shape index (κ1) is 16.0. The SMILES string of the molecule is Cc1nn(C(C)C(=O)NC2CC3CCC(C2)N3C)c(C)c1Br. The van der Waals surface area contributed by atoms with E-state index in [-0.39, 0.29) is 11.9 Å². The first-order chi connectivity index (χ1) is 10.4. The number of piperidine rings is 1. The zero-order valence-corrected chi connectivity index (χ0v) is 15.4. The first-order valence-corrected chi connectivity index (χ1v) is 8.91. The second-order valence-corrected chi connectivity index (χ2v) is 7.63. The smallest absolute Gasteiger partial charge is 0.244 e. The Hall–Kier alpha value is -0.880. The number of amides is 1. The van der Waals surface area contributed by atoms with Crippen molar-refractivity contribution in [1.29, 1.82) is 0 Å². The fourth-order valence-corrected chi connectivity index (χ4v) is 4.24. The molecule has 122 valence electrons. The van der Waals surface area contributed by atoms with Gasteiger partial charge in [-0.2, -0.15) is 5.10 Å². The van der Waals surface area contributed by atoms with Crippen molar-refractivity contribution in [2.75, 3.05) is 7.05 Å². The van der Waals surface area contributed by atoms with E-state index >= 15 is 0 Å². The van der Waals surface area contributed by atoms with Crippen LogP contribution in [-0.4, -0.2) is 45.8 Å². The average molecular weight is 369 g/mol. The van der Waals surface area contributed by atoms with E-state index in [1.165, 1.54) is 12.8 Å². The lowest BCUT2D eigenvalue weighted by atomic mass is 9.98. The van der Waals surface area contributed by atoms with Gasteiger partial charge in [0.05, 0.1) is 15.9 Å². The molecule has 3 atom stereocenters. The van der Waals surface area contributed by atoms with Crippen molar-refractivity contribution in [2.24, 2.45) is 0 Å². The molecule has 3 heterocycles. The van der Waals surface area contributed by atoms with E-state index in [0.29, 0.717) is 18.1 Å². The van der Waals surface area contributed by atoms with E-state index in [9.17, 15) is 4.79 Å². The lowest BCUT2D eigenvalue weighted by molar-refractivity contribution is -0.125. The number of carbonyl (C=O) groups is 1. The average Bonchev–Trinajstić information content (AvgIpc) is 2.85. The molecule has 0 radical (unpaired) electrons. The van der Waals surface area contributed by atoms with Gasteiger partial charge in [0, 0.05) is 18.1 Å². The third-order valence-corrected chi connectivity index (χ3v) is 6.58. The molecule has 2 aliphatic rings. The Kier molecular flexibility index (Phi) is 4.34. The van der Waals surface area contributed by atoms with Gasteiger partial charge in [-0.15, -0.1) is 0 Å². The summed E-state index contributed by atoms with van der Waals surface area (Å²) in [6.45, 7) is 5.86. The number of halogens is 1. The maximum Gasteiger partial charge on any atom is 0.244 e. The lowest BCUT2D eigenvalue weighted by Gasteiger charge is -2.37. The Bertz CT molecular complexity index is 571. The molecule has 1 N–H and O–H groups in total. The van der Waals surface area contributed by atoms with Crippen molar-refractivity contribution >= 4 is 21.8 Å². The van der Waals surface area contributed by atoms with Crippen LogP contribution in [0.5, 0.6) is 0 Å². The zero-order chi connectivity index (χ0) is 16.0. The van der Waals surface area contributed by atoms with E-state index < -0.39 is 0 Å². The zero-order valence-electron chi connectivity index (χ0n) is 13.8. The minimum atomic E-state index is -0.276. The summed E-state index contributed by atoms with van der Waals surface area (Å²) in [5, 5.41) is 7.73. The summed E-state index contributed by atoms with van der Waals surface area (Å²) in [7, 11) is 2.22. The highest BCUT2D eigenvalue weighted by Crippen LogP contribution is 2.34. The molecule has 0 spiro atoms. The number of fused-ring (bicyclic) bond motifs is 2. The molecule has 2 saturated heterocycles. The van der Waals surface area contributed by atoms with Crippen LogP contribution >= 0.6 is 15.9 Å². The fraction of sp³-hybridized carbons (Fsp3) is 0.750. The third kappa shape index (κ3) is 2.71. The molecule has 0 saturated carbocycles. The van der Waals surface area contributed by atoms with Crippen molar-refractivity contribution in [1.82, 2.24) is 20.0 Å². The molecule has 3 unspecified atom stereocenters. The number of carbonyl (C=O) groups excluding carboxylic acids is 1. The van der Waals surface area contributed by atoms with Gasteiger partial charge in [-0.25, -0.2) is 0 Å². The summed E-state index contributed by atoms with van der Waals surface area (Å²) in [5.74, 6) is 0.0760. The van der Waals surface area contributed by atoms with Gasteiger partial charge in [-0.05, 0) is 69.4 Å². The van der Waals surface area contributed by atoms with Gasteiger partial charge < -0.3 is 10.2 Å². The summed E-state index contributed by atoms with van der Waals surface area (Å²) < 4.78 is 2.81. The van der Waals surface area contributed by atoms with Crippen molar-refractivity contribution < 1.29 is 4.79 Å². The van der Waals surface area contributed by atoms with Crippen LogP contribution in [0.25, 0.3) is 0 Å². The Morgan fingerprint density at radius 2 is 1.91 bits per heavy atom. The van der Waals surface area contributed by atoms with Crippen molar-refractivity contribution in [2.45, 2.75) is 70.6 Å². The Labute approximate surface area is 140 Å². The minimum absolute atomic E-state index is 0.0760. The van der Waals surface area contributed by atoms with Gasteiger partial charge in [0.15, 0.2) is 0 Å². The van der Waals surface area contributed by atoms with Crippen LogP contribution in [0.1, 0.15) is 50.0 Å². The minimum Gasteiger partial charge on any atom is -0.351 e. The second kappa shape index (κ2) is 5.96. The quantitative estimate of drug-likeness (QED) is 0.891. The van der Waals surface area contributed by atoms with E-state index in [1.807, 2.05) is 25.5 Å². The summed E-state index contributed by atoms with van der Waals surface area (Å²) in [6, 6.07) is 1.32. The van der Waals surface area contributed by atoms with Gasteiger partial charge in [0.25, 0.3) is 0 Å². The van der Waals surface area contributed by atoms with Crippen molar-refractivity contribution in [3.63, 3.8) is 0 Å². The molecule has 0 aliphatic carbocycles. The van der Waals surface area contributed by atoms with Crippen LogP contribution in [0.15, 0.2) is 4.47 Å². The fourth-order valence-electron chi connectivity index (χ4n) is 3.98. The third-order valence-electron chi connectivity index (χ3n) is 5.43. The maximum absolute atomic E-state index is 12.6. The molecule has 1 amide bonds. The predicted octanol–water partition coefficient (Wildman–Crippen LogP) is 2.56. The predicted molar refractivity (Wildman–Crippen MR) is 89.8 cm³/mol. The van der Waals surface area contributed by atoms with Crippen LogP contribution in [-0.2, 0) is 4.79 Å². The number of hydrogen-bond donors (Lipinski definition) is 1. The van der Waals surface area contributed by atoms with Crippen molar-refractivity contribution in [3.8, 4) is 0 Å². The van der Waals surface area contributed by atoms with E-state index in [2.05, 4.69) is 38.3 Å². The van der Waals surface area contributed by atoms with Crippen LogP contribution in [0, 0.1) is 13.8 Å². The maximum atomic E-state index is 12.6. The molecule has 0 aromatic carbocycles. The molecule has 5 nitrogen and oxygen atoms in total. The lowest BCUT2D eigenvalue weighted by Crippen LogP contribution is -2.49. The molecule has 6 heteroatoms. The standard InChI is InChI=1S/C16H25BrN4O/c1-9-15(17)10(2)21(19-9)11(3)16(22)18-12-7-13-5-6-14(8-12)20(13)4/h11-14H,5-8H2,1-4H3,(H,18,22). The molecule has 1 aromatic heterocycles. The van der Waals surface area contributed by atoms with Crippen molar-refractivity contribution in [3.05, 3.63) is 15.9 Å². The summed E-state index contributed by atoms with van der Waals surface area (Å²) in [4.78, 5) is 15.1. The highest BCUT2D eigenvalue weighted by atomic mass is 79.9. The van der Waals surface area contributed by atoms with E-state index in [4.69, 9.17) is 0 Å². The number of aromatic nitrogens is 2. The largest absolute Gasteiger partial charge is 0.351 e. The van der Waals surface area contributed by atoms with Gasteiger partial charge in [-0.1, -0.05) is 0 Å². The molecule has 22 heavy (non-hydrogen) atoms. The molecular weight excluding hydrogens is 344 g/mol. The Morgan fingerprint density at radius 1 is 1.32 bits per heavy atom. The monoisotopic (exact) mass is 368 g/mol. The van der Waals surface area contributed by atoms with Crippen LogP contribution in [0.2, 0.25) is 0 Å². The number of rotatable bonds is 3. The van der Waals surface area contributed by atoms with Gasteiger partial charge in [-0.3, -0.25) is 9.48 Å². The van der Waals surface area contributed by atoms with Crippen LogP contribution in [0.4, 0.5) is 0 Å². The number of nitrogens with zero attached hydrogens (tertiary/aromatic N) is 3. The Balaban J connectivity index is 1.66. The second-order valence-electron chi connectivity index (χ2n) is 6.83. The van der Waals surface area contributed by atoms with E-state index in [1.54, 1.807) is 0 Å². The molecule has 2 fully saturated rings. The molecule has 1 aromatic rings. The van der Waals surface area contributed by atoms with Crippen LogP contribution < -0.4 is 5.32 Å². The van der Waals surface area contributed by atoms with Gasteiger partial charge in [0.2, 0.25) is 5.91 Å². The highest BCUT2D eigenvalue weighted by molar-refractivity contribution is 9.10. The summed E-state index contributed by atoms with van der Waals surface area (Å²) >= 11 is 3.53. The number of aryl methyl sites for hydroxylation is 1. The molecule has 2 aliphatic heterocycles. The summed E-state index contributed by atoms with van der Waals surface area (Å²) in [5.41, 5.74) is 1.93. The summed E-state index contributed by atoms with van der Waals surface area (Å²) in [6.07, 6.45) is 4.69. The first-order valence-electron chi connectivity index (χ1n) is 8.12. The molecular formula is C16H25BrN4O. The Morgan fingerprint density at radius 3 is 2.41 bits per heavy atom. The van der Waals surface area contributed by atoms with E-state index in [0.717, 1.165) is 28.7 Å². The highest BCUT2D eigenvalue weighted by Gasteiger charge is 2.39. The number of nitrogens with one attached hydrogen (secondary N) is 1.